The number of aliphatic hydroxyl groups excluding tert-OH is 2. The third-order valence-electron chi connectivity index (χ3n) is 2.25. The number of aliphatic hydroxyl groups is 2. The normalized spacial score (nSPS) is 13.8. The van der Waals surface area contributed by atoms with Crippen LogP contribution in [0.25, 0.3) is 0 Å². The van der Waals surface area contributed by atoms with Gasteiger partial charge in [-0.1, -0.05) is 12.1 Å². The quantitative estimate of drug-likeness (QED) is 0.496. The minimum absolute atomic E-state index is 0.289. The van der Waals surface area contributed by atoms with E-state index in [4.69, 9.17) is 29.2 Å². The molecule has 6 heteroatoms. The lowest BCUT2D eigenvalue weighted by Gasteiger charge is -2.13. The maximum atomic E-state index is 8.96. The fraction of sp³-hybridized carbons (Fsp3) is 0.571. The van der Waals surface area contributed by atoms with Crippen molar-refractivity contribution in [2.24, 2.45) is 0 Å². The molecule has 1 rings (SSSR count). The zero-order chi connectivity index (χ0) is 14.8. The van der Waals surface area contributed by atoms with Crippen LogP contribution in [-0.4, -0.2) is 49.2 Å². The molecule has 1 aromatic rings. The molecule has 2 N–H and O–H groups in total. The largest absolute Gasteiger partial charge is 0.487 e. The molecule has 20 heavy (non-hydrogen) atoms. The van der Waals surface area contributed by atoms with Crippen molar-refractivity contribution in [3.63, 3.8) is 0 Å². The summed E-state index contributed by atoms with van der Waals surface area (Å²) in [6, 6.07) is 7.24. The molecule has 0 radical (unpaired) electrons. The first-order valence-corrected chi connectivity index (χ1v) is 6.53. The van der Waals surface area contributed by atoms with Gasteiger partial charge in [-0.2, -0.15) is 0 Å². The zero-order valence-corrected chi connectivity index (χ0v) is 11.8. The Labute approximate surface area is 118 Å². The van der Waals surface area contributed by atoms with E-state index in [-0.39, 0.29) is 13.2 Å². The van der Waals surface area contributed by atoms with Gasteiger partial charge in [0.2, 0.25) is 0 Å². The first-order valence-electron chi connectivity index (χ1n) is 6.53. The Hall–Kier alpha value is -1.34. The van der Waals surface area contributed by atoms with Gasteiger partial charge >= 0.3 is 0 Å². The van der Waals surface area contributed by atoms with Gasteiger partial charge in [-0.15, -0.1) is 0 Å². The number of rotatable bonds is 10. The van der Waals surface area contributed by atoms with Gasteiger partial charge in [-0.25, -0.2) is 0 Å². The molecule has 0 heterocycles. The molecular weight excluding hydrogens is 264 g/mol. The van der Waals surface area contributed by atoms with Crippen LogP contribution in [0.2, 0.25) is 0 Å². The van der Waals surface area contributed by atoms with Crippen molar-refractivity contribution in [2.45, 2.75) is 26.4 Å². The van der Waals surface area contributed by atoms with Crippen molar-refractivity contribution in [1.82, 2.24) is 0 Å². The molecule has 0 amide bonds. The SMILES string of the molecule is CC(O)OCCOc1ccccc1OCCOC(C)O. The van der Waals surface area contributed by atoms with Crippen molar-refractivity contribution in [2.75, 3.05) is 26.4 Å². The van der Waals surface area contributed by atoms with E-state index in [1.54, 1.807) is 26.0 Å². The number of hydrogen-bond donors (Lipinski definition) is 2. The van der Waals surface area contributed by atoms with Crippen molar-refractivity contribution >= 4 is 0 Å². The van der Waals surface area contributed by atoms with Gasteiger partial charge in [0.1, 0.15) is 13.2 Å². The molecule has 114 valence electrons. The van der Waals surface area contributed by atoms with Crippen LogP contribution in [-0.2, 0) is 9.47 Å². The Kier molecular flexibility index (Phi) is 7.98. The van der Waals surface area contributed by atoms with Gasteiger partial charge in [0.15, 0.2) is 24.1 Å². The molecule has 2 atom stereocenters. The highest BCUT2D eigenvalue weighted by Crippen LogP contribution is 2.26. The molecule has 2 unspecified atom stereocenters. The van der Waals surface area contributed by atoms with E-state index in [0.717, 1.165) is 0 Å². The van der Waals surface area contributed by atoms with E-state index < -0.39 is 12.6 Å². The Morgan fingerprint density at radius 2 is 1.20 bits per heavy atom. The Bertz CT molecular complexity index is 331. The van der Waals surface area contributed by atoms with Crippen LogP contribution in [0.4, 0.5) is 0 Å². The topological polar surface area (TPSA) is 77.4 Å². The van der Waals surface area contributed by atoms with Gasteiger partial charge in [0, 0.05) is 0 Å². The van der Waals surface area contributed by atoms with E-state index in [0.29, 0.717) is 24.7 Å². The minimum Gasteiger partial charge on any atom is -0.487 e. The average molecular weight is 286 g/mol. The number of para-hydroxylation sites is 2. The maximum Gasteiger partial charge on any atom is 0.161 e. The minimum atomic E-state index is -0.803. The van der Waals surface area contributed by atoms with Gasteiger partial charge in [-0.3, -0.25) is 0 Å². The van der Waals surface area contributed by atoms with Gasteiger partial charge in [-0.05, 0) is 26.0 Å². The predicted molar refractivity (Wildman–Crippen MR) is 72.7 cm³/mol. The van der Waals surface area contributed by atoms with Crippen molar-refractivity contribution in [3.8, 4) is 11.5 Å². The lowest BCUT2D eigenvalue weighted by atomic mass is 10.3. The van der Waals surface area contributed by atoms with Gasteiger partial charge < -0.3 is 29.2 Å². The van der Waals surface area contributed by atoms with Gasteiger partial charge in [0.05, 0.1) is 13.2 Å². The van der Waals surface area contributed by atoms with Crippen molar-refractivity contribution in [1.29, 1.82) is 0 Å². The van der Waals surface area contributed by atoms with E-state index in [2.05, 4.69) is 0 Å². The summed E-state index contributed by atoms with van der Waals surface area (Å²) < 4.78 is 21.0. The molecule has 0 aliphatic heterocycles. The average Bonchev–Trinajstić information content (AvgIpc) is 2.40. The Morgan fingerprint density at radius 3 is 1.55 bits per heavy atom. The number of hydrogen-bond acceptors (Lipinski definition) is 6. The molecule has 0 bridgehead atoms. The standard InChI is InChI=1S/C14H22O6/c1-11(15)17-7-9-19-13-5-3-4-6-14(13)20-10-8-18-12(2)16/h3-6,11-12,15-16H,7-10H2,1-2H3. The van der Waals surface area contributed by atoms with E-state index in [1.807, 2.05) is 12.1 Å². The fourth-order valence-corrected chi connectivity index (χ4v) is 1.43. The zero-order valence-electron chi connectivity index (χ0n) is 11.8. The second kappa shape index (κ2) is 9.55. The summed E-state index contributed by atoms with van der Waals surface area (Å²) in [6.45, 7) is 4.29. The number of ether oxygens (including phenoxy) is 4. The maximum absolute atomic E-state index is 8.96. The van der Waals surface area contributed by atoms with Crippen LogP contribution < -0.4 is 9.47 Å². The first-order chi connectivity index (χ1) is 9.59. The van der Waals surface area contributed by atoms with Crippen LogP contribution in [0.15, 0.2) is 24.3 Å². The van der Waals surface area contributed by atoms with Crippen LogP contribution in [0.1, 0.15) is 13.8 Å². The Balaban J connectivity index is 2.34. The molecule has 0 saturated heterocycles. The van der Waals surface area contributed by atoms with Crippen LogP contribution in [0, 0.1) is 0 Å². The molecular formula is C14H22O6. The monoisotopic (exact) mass is 286 g/mol. The second-order valence-electron chi connectivity index (χ2n) is 4.08. The summed E-state index contributed by atoms with van der Waals surface area (Å²) in [5.41, 5.74) is 0. The highest BCUT2D eigenvalue weighted by molar-refractivity contribution is 5.39. The summed E-state index contributed by atoms with van der Waals surface area (Å²) in [6.07, 6.45) is -1.61. The summed E-state index contributed by atoms with van der Waals surface area (Å²) in [4.78, 5) is 0. The fourth-order valence-electron chi connectivity index (χ4n) is 1.43. The lowest BCUT2D eigenvalue weighted by Crippen LogP contribution is -2.15. The van der Waals surface area contributed by atoms with E-state index in [1.165, 1.54) is 0 Å². The molecule has 0 saturated carbocycles. The molecule has 0 fully saturated rings. The summed E-state index contributed by atoms with van der Waals surface area (Å²) in [5, 5.41) is 17.9. The van der Waals surface area contributed by atoms with Crippen LogP contribution in [0.3, 0.4) is 0 Å². The van der Waals surface area contributed by atoms with Crippen LogP contribution in [0.5, 0.6) is 11.5 Å². The molecule has 0 aliphatic carbocycles. The summed E-state index contributed by atoms with van der Waals surface area (Å²) >= 11 is 0. The molecule has 6 nitrogen and oxygen atoms in total. The summed E-state index contributed by atoms with van der Waals surface area (Å²) in [5.74, 6) is 1.19. The molecule has 1 aromatic carbocycles. The molecule has 0 aliphatic rings. The highest BCUT2D eigenvalue weighted by Gasteiger charge is 2.05. The molecule has 0 aromatic heterocycles. The third kappa shape index (κ3) is 7.30. The Morgan fingerprint density at radius 1 is 0.800 bits per heavy atom. The van der Waals surface area contributed by atoms with E-state index >= 15 is 0 Å². The van der Waals surface area contributed by atoms with Crippen molar-refractivity contribution < 1.29 is 29.2 Å². The lowest BCUT2D eigenvalue weighted by molar-refractivity contribution is -0.0931. The summed E-state index contributed by atoms with van der Waals surface area (Å²) in [7, 11) is 0. The first kappa shape index (κ1) is 16.7. The third-order valence-corrected chi connectivity index (χ3v) is 2.25. The highest BCUT2D eigenvalue weighted by atomic mass is 16.6. The van der Waals surface area contributed by atoms with Crippen molar-refractivity contribution in [3.05, 3.63) is 24.3 Å². The predicted octanol–water partition coefficient (Wildman–Crippen LogP) is 1.15. The number of benzene rings is 1. The van der Waals surface area contributed by atoms with E-state index in [9.17, 15) is 0 Å². The van der Waals surface area contributed by atoms with Crippen LogP contribution >= 0.6 is 0 Å². The van der Waals surface area contributed by atoms with Gasteiger partial charge in [0.25, 0.3) is 0 Å². The second-order valence-corrected chi connectivity index (χ2v) is 4.08. The molecule has 0 spiro atoms. The smallest absolute Gasteiger partial charge is 0.161 e.